The van der Waals surface area contributed by atoms with E-state index in [2.05, 4.69) is 25.6 Å². The van der Waals surface area contributed by atoms with E-state index in [1.54, 1.807) is 54.1 Å². The van der Waals surface area contributed by atoms with E-state index in [0.29, 0.717) is 33.9 Å². The first kappa shape index (κ1) is 21.5. The summed E-state index contributed by atoms with van der Waals surface area (Å²) < 4.78 is 1.80. The van der Waals surface area contributed by atoms with E-state index in [-0.39, 0.29) is 12.5 Å². The Morgan fingerprint density at radius 3 is 2.58 bits per heavy atom. The molecule has 4 aromatic rings. The molecule has 0 atom stereocenters. The van der Waals surface area contributed by atoms with Crippen molar-refractivity contribution in [1.29, 1.82) is 0 Å². The van der Waals surface area contributed by atoms with Gasteiger partial charge in [-0.3, -0.25) is 10.1 Å². The van der Waals surface area contributed by atoms with Gasteiger partial charge >= 0.3 is 6.09 Å². The fraction of sp³-hybridized carbons (Fsp3) is 0.0870. The number of carboxylic acid groups (broad SMARTS) is 1. The average molecular weight is 443 g/mol. The zero-order valence-electron chi connectivity index (χ0n) is 17.7. The molecule has 1 aromatic carbocycles. The lowest BCUT2D eigenvalue weighted by Crippen LogP contribution is -2.23. The molecule has 5 N–H and O–H groups in total. The van der Waals surface area contributed by atoms with Crippen molar-refractivity contribution in [3.63, 3.8) is 0 Å². The Morgan fingerprint density at radius 1 is 1.12 bits per heavy atom. The summed E-state index contributed by atoms with van der Waals surface area (Å²) in [5.41, 5.74) is 9.27. The molecule has 3 heterocycles. The molecule has 3 aromatic heterocycles. The first-order valence-electron chi connectivity index (χ1n) is 10.0. The molecule has 0 fully saturated rings. The van der Waals surface area contributed by atoms with Gasteiger partial charge in [-0.2, -0.15) is 0 Å². The minimum Gasteiger partial charge on any atom is -0.465 e. The van der Waals surface area contributed by atoms with Crippen molar-refractivity contribution in [1.82, 2.24) is 24.8 Å². The molecule has 4 rings (SSSR count). The number of nitrogen functional groups attached to an aromatic ring is 1. The Bertz CT molecular complexity index is 1350. The molecule has 0 aliphatic rings. The maximum Gasteiger partial charge on any atom is 0.408 e. The predicted octanol–water partition coefficient (Wildman–Crippen LogP) is 3.50. The lowest BCUT2D eigenvalue weighted by Gasteiger charge is -2.08. The summed E-state index contributed by atoms with van der Waals surface area (Å²) in [6, 6.07) is 12.3. The monoisotopic (exact) mass is 443 g/mol. The van der Waals surface area contributed by atoms with Crippen LogP contribution in [0.3, 0.4) is 0 Å². The second-order valence-corrected chi connectivity index (χ2v) is 7.12. The van der Waals surface area contributed by atoms with E-state index in [4.69, 9.17) is 10.8 Å². The van der Waals surface area contributed by atoms with Crippen LogP contribution in [0.2, 0.25) is 0 Å². The van der Waals surface area contributed by atoms with Crippen molar-refractivity contribution in [2.75, 3.05) is 11.1 Å². The highest BCUT2D eigenvalue weighted by molar-refractivity contribution is 6.05. The van der Waals surface area contributed by atoms with Crippen LogP contribution in [0.15, 0.2) is 73.0 Å². The van der Waals surface area contributed by atoms with Gasteiger partial charge in [0.25, 0.3) is 5.91 Å². The molecule has 0 spiro atoms. The fourth-order valence-corrected chi connectivity index (χ4v) is 3.44. The number of nitrogens with two attached hydrogens (primary N) is 1. The van der Waals surface area contributed by atoms with Crippen LogP contribution in [0.1, 0.15) is 17.3 Å². The highest BCUT2D eigenvalue weighted by Crippen LogP contribution is 2.33. The molecule has 0 aliphatic carbocycles. The third kappa shape index (κ3) is 4.64. The number of hydrogen-bond acceptors (Lipinski definition) is 6. The number of pyridine rings is 1. The summed E-state index contributed by atoms with van der Waals surface area (Å²) in [7, 11) is 0. The quantitative estimate of drug-likeness (QED) is 0.356. The molecule has 0 saturated carbocycles. The number of nitrogens with zero attached hydrogens (tertiary/aromatic N) is 4. The largest absolute Gasteiger partial charge is 0.465 e. The Kier molecular flexibility index (Phi) is 5.98. The van der Waals surface area contributed by atoms with Crippen LogP contribution in [-0.2, 0) is 6.54 Å². The number of benzene rings is 1. The fourth-order valence-electron chi connectivity index (χ4n) is 3.44. The van der Waals surface area contributed by atoms with Crippen molar-refractivity contribution in [2.45, 2.75) is 13.5 Å². The number of nitrogens with one attached hydrogen (secondary N) is 2. The molecule has 0 aliphatic heterocycles. The van der Waals surface area contributed by atoms with Crippen molar-refractivity contribution in [3.05, 3.63) is 78.5 Å². The number of carbonyl (C=O) groups excluding carboxylic acids is 1. The molecule has 166 valence electrons. The molecule has 0 radical (unpaired) electrons. The zero-order valence-corrected chi connectivity index (χ0v) is 17.7. The van der Waals surface area contributed by atoms with Crippen molar-refractivity contribution in [2.24, 2.45) is 0 Å². The minimum atomic E-state index is -1.14. The molecule has 33 heavy (non-hydrogen) atoms. The number of hydrogen-bond donors (Lipinski definition) is 4. The van der Waals surface area contributed by atoms with Crippen LogP contribution in [0.5, 0.6) is 0 Å². The lowest BCUT2D eigenvalue weighted by molar-refractivity contribution is 0.102. The molecule has 0 bridgehead atoms. The van der Waals surface area contributed by atoms with Gasteiger partial charge < -0.3 is 20.7 Å². The van der Waals surface area contributed by atoms with E-state index >= 15 is 0 Å². The van der Waals surface area contributed by atoms with Gasteiger partial charge in [-0.25, -0.2) is 19.7 Å². The SMILES string of the molecule is CC=C(Cn1cc(-c2ccc(C(=O)Nc3ccccn3)cc2)c2c(N)ncnc21)NC(=O)O. The van der Waals surface area contributed by atoms with Crippen molar-refractivity contribution < 1.29 is 14.7 Å². The normalized spacial score (nSPS) is 11.4. The summed E-state index contributed by atoms with van der Waals surface area (Å²) >= 11 is 0. The van der Waals surface area contributed by atoms with Gasteiger partial charge in [0.05, 0.1) is 11.9 Å². The molecule has 0 unspecified atom stereocenters. The maximum absolute atomic E-state index is 12.5. The number of carbonyl (C=O) groups is 2. The number of rotatable bonds is 6. The van der Waals surface area contributed by atoms with Gasteiger partial charge in [-0.15, -0.1) is 0 Å². The Balaban J connectivity index is 1.66. The van der Waals surface area contributed by atoms with Crippen LogP contribution < -0.4 is 16.4 Å². The van der Waals surface area contributed by atoms with Crippen molar-refractivity contribution in [3.8, 4) is 11.1 Å². The van der Waals surface area contributed by atoms with Crippen LogP contribution in [-0.4, -0.2) is 36.6 Å². The minimum absolute atomic E-state index is 0.250. The molecule has 0 saturated heterocycles. The number of allylic oxidation sites excluding steroid dienone is 2. The smallest absolute Gasteiger partial charge is 0.408 e. The molecular formula is C23H21N7O3. The van der Waals surface area contributed by atoms with Gasteiger partial charge in [0, 0.05) is 29.2 Å². The Labute approximate surface area is 188 Å². The number of amides is 2. The topological polar surface area (TPSA) is 148 Å². The van der Waals surface area contributed by atoms with Gasteiger partial charge in [0.15, 0.2) is 0 Å². The van der Waals surface area contributed by atoms with Crippen LogP contribution in [0.25, 0.3) is 22.2 Å². The van der Waals surface area contributed by atoms with E-state index in [1.807, 2.05) is 18.3 Å². The van der Waals surface area contributed by atoms with Crippen LogP contribution >= 0.6 is 0 Å². The standard InChI is InChI=1S/C23H21N7O3/c1-2-16(28-23(32)33)11-30-12-17(19-20(24)26-13-27-21(19)30)14-6-8-15(9-7-14)22(31)29-18-5-3-4-10-25-18/h2-10,12-13,28H,11H2,1H3,(H,32,33)(H2,24,26,27)(H,25,29,31). The summed E-state index contributed by atoms with van der Waals surface area (Å²) in [5.74, 6) is 0.497. The second kappa shape index (κ2) is 9.18. The first-order valence-corrected chi connectivity index (χ1v) is 10.0. The highest BCUT2D eigenvalue weighted by atomic mass is 16.4. The maximum atomic E-state index is 12.5. The Morgan fingerprint density at radius 2 is 1.91 bits per heavy atom. The summed E-state index contributed by atoms with van der Waals surface area (Å²) in [6.45, 7) is 2.00. The summed E-state index contributed by atoms with van der Waals surface area (Å²) in [4.78, 5) is 36.1. The third-order valence-corrected chi connectivity index (χ3v) is 5.00. The van der Waals surface area contributed by atoms with Crippen LogP contribution in [0.4, 0.5) is 16.4 Å². The molecule has 10 nitrogen and oxygen atoms in total. The number of anilines is 2. The molecular weight excluding hydrogens is 422 g/mol. The second-order valence-electron chi connectivity index (χ2n) is 7.12. The third-order valence-electron chi connectivity index (χ3n) is 5.00. The number of aromatic nitrogens is 4. The van der Waals surface area contributed by atoms with E-state index < -0.39 is 6.09 Å². The summed E-state index contributed by atoms with van der Waals surface area (Å²) in [5, 5.41) is 14.8. The lowest BCUT2D eigenvalue weighted by atomic mass is 10.0. The van der Waals surface area contributed by atoms with Gasteiger partial charge in [0.2, 0.25) is 0 Å². The first-order chi connectivity index (χ1) is 16.0. The average Bonchev–Trinajstić information content (AvgIpc) is 3.18. The predicted molar refractivity (Wildman–Crippen MR) is 124 cm³/mol. The van der Waals surface area contributed by atoms with Crippen molar-refractivity contribution >= 4 is 34.7 Å². The van der Waals surface area contributed by atoms with Gasteiger partial charge in [-0.1, -0.05) is 24.3 Å². The summed E-state index contributed by atoms with van der Waals surface area (Å²) in [6.07, 6.45) is 5.34. The van der Waals surface area contributed by atoms with E-state index in [0.717, 1.165) is 11.1 Å². The molecule has 2 amide bonds. The van der Waals surface area contributed by atoms with Gasteiger partial charge in [0.1, 0.15) is 23.6 Å². The van der Waals surface area contributed by atoms with E-state index in [1.165, 1.54) is 6.33 Å². The number of fused-ring (bicyclic) bond motifs is 1. The Hall–Kier alpha value is -4.73. The van der Waals surface area contributed by atoms with E-state index in [9.17, 15) is 9.59 Å². The van der Waals surface area contributed by atoms with Crippen LogP contribution in [0, 0.1) is 0 Å². The zero-order chi connectivity index (χ0) is 23.4. The molecule has 10 heteroatoms. The highest BCUT2D eigenvalue weighted by Gasteiger charge is 2.17. The van der Waals surface area contributed by atoms with Gasteiger partial charge in [-0.05, 0) is 36.8 Å².